The van der Waals surface area contributed by atoms with E-state index in [0.717, 1.165) is 66.0 Å². The fraction of sp³-hybridized carbons (Fsp3) is 0.409. The number of hydrogen-bond donors (Lipinski definition) is 2. The second-order valence-electron chi connectivity index (χ2n) is 7.78. The van der Waals surface area contributed by atoms with Crippen LogP contribution in [-0.2, 0) is 6.54 Å². The van der Waals surface area contributed by atoms with Crippen LogP contribution in [0.25, 0.3) is 11.0 Å². The van der Waals surface area contributed by atoms with Crippen LogP contribution in [0, 0.1) is 26.7 Å². The molecule has 146 valence electrons. The molecule has 1 saturated heterocycles. The Morgan fingerprint density at radius 3 is 2.61 bits per heavy atom. The van der Waals surface area contributed by atoms with Crippen molar-refractivity contribution in [3.8, 4) is 0 Å². The number of anilines is 1. The minimum absolute atomic E-state index is 0.138. The van der Waals surface area contributed by atoms with Crippen molar-refractivity contribution in [1.29, 1.82) is 0 Å². The lowest BCUT2D eigenvalue weighted by molar-refractivity contribution is 0.102. The van der Waals surface area contributed by atoms with Crippen LogP contribution in [0.15, 0.2) is 30.5 Å². The zero-order valence-electron chi connectivity index (χ0n) is 16.7. The van der Waals surface area contributed by atoms with Gasteiger partial charge in [0, 0.05) is 23.8 Å². The van der Waals surface area contributed by atoms with Gasteiger partial charge in [-0.1, -0.05) is 17.7 Å². The fourth-order valence-corrected chi connectivity index (χ4v) is 4.00. The van der Waals surface area contributed by atoms with Gasteiger partial charge < -0.3 is 10.6 Å². The number of pyridine rings is 1. The Morgan fingerprint density at radius 2 is 1.89 bits per heavy atom. The number of hydrogen-bond acceptors (Lipinski definition) is 4. The number of aryl methyl sites for hydroxylation is 3. The van der Waals surface area contributed by atoms with Crippen LogP contribution in [0.1, 0.15) is 40.0 Å². The Hall–Kier alpha value is -2.73. The van der Waals surface area contributed by atoms with E-state index in [1.807, 2.05) is 49.7 Å². The summed E-state index contributed by atoms with van der Waals surface area (Å²) < 4.78 is 2.02. The first-order chi connectivity index (χ1) is 13.5. The van der Waals surface area contributed by atoms with Crippen LogP contribution >= 0.6 is 0 Å². The summed E-state index contributed by atoms with van der Waals surface area (Å²) in [4.78, 5) is 17.4. The highest BCUT2D eigenvalue weighted by molar-refractivity contribution is 6.07. The highest BCUT2D eigenvalue weighted by Crippen LogP contribution is 2.25. The van der Waals surface area contributed by atoms with Crippen molar-refractivity contribution < 1.29 is 4.79 Å². The first-order valence-electron chi connectivity index (χ1n) is 9.94. The highest BCUT2D eigenvalue weighted by Gasteiger charge is 2.20. The standard InChI is InChI=1S/C22H27N5O/c1-14-4-6-18(7-5-14)25-22(28)19-12-24-21-20(15(19)2)16(3)26-27(21)13-17-8-10-23-11-9-17/h4-7,12,17,23H,8-11,13H2,1-3H3,(H,25,28). The Labute approximate surface area is 165 Å². The minimum Gasteiger partial charge on any atom is -0.322 e. The molecule has 1 fully saturated rings. The average molecular weight is 377 g/mol. The monoisotopic (exact) mass is 377 g/mol. The summed E-state index contributed by atoms with van der Waals surface area (Å²) in [5.41, 5.74) is 5.28. The molecule has 0 radical (unpaired) electrons. The molecule has 0 spiro atoms. The molecule has 2 aromatic heterocycles. The van der Waals surface area contributed by atoms with Crippen LogP contribution in [0.2, 0.25) is 0 Å². The summed E-state index contributed by atoms with van der Waals surface area (Å²) in [5.74, 6) is 0.483. The maximum absolute atomic E-state index is 12.8. The van der Waals surface area contributed by atoms with E-state index in [-0.39, 0.29) is 5.91 Å². The highest BCUT2D eigenvalue weighted by atomic mass is 16.1. The third kappa shape index (κ3) is 3.64. The van der Waals surface area contributed by atoms with Gasteiger partial charge in [-0.3, -0.25) is 4.79 Å². The second kappa shape index (κ2) is 7.72. The van der Waals surface area contributed by atoms with Crippen molar-refractivity contribution in [2.75, 3.05) is 18.4 Å². The molecule has 28 heavy (non-hydrogen) atoms. The molecule has 6 nitrogen and oxygen atoms in total. The minimum atomic E-state index is -0.138. The van der Waals surface area contributed by atoms with Crippen molar-refractivity contribution in [2.45, 2.75) is 40.2 Å². The van der Waals surface area contributed by atoms with E-state index in [2.05, 4.69) is 15.6 Å². The average Bonchev–Trinajstić information content (AvgIpc) is 3.01. The molecule has 1 amide bonds. The van der Waals surface area contributed by atoms with Gasteiger partial charge in [0.2, 0.25) is 0 Å². The smallest absolute Gasteiger partial charge is 0.257 e. The van der Waals surface area contributed by atoms with E-state index in [9.17, 15) is 4.79 Å². The number of carbonyl (C=O) groups is 1. The lowest BCUT2D eigenvalue weighted by atomic mass is 9.98. The molecule has 3 heterocycles. The number of benzene rings is 1. The van der Waals surface area contributed by atoms with Crippen molar-refractivity contribution >= 4 is 22.6 Å². The molecular weight excluding hydrogens is 350 g/mol. The van der Waals surface area contributed by atoms with Gasteiger partial charge in [0.15, 0.2) is 5.65 Å². The Balaban J connectivity index is 1.62. The van der Waals surface area contributed by atoms with Gasteiger partial charge in [0.05, 0.1) is 11.3 Å². The van der Waals surface area contributed by atoms with Crippen molar-refractivity contribution in [3.63, 3.8) is 0 Å². The van der Waals surface area contributed by atoms with Gasteiger partial charge >= 0.3 is 0 Å². The molecule has 0 unspecified atom stereocenters. The molecule has 6 heteroatoms. The molecule has 1 aliphatic rings. The van der Waals surface area contributed by atoms with E-state index in [4.69, 9.17) is 5.10 Å². The van der Waals surface area contributed by atoms with Gasteiger partial charge in [0.1, 0.15) is 0 Å². The predicted molar refractivity (Wildman–Crippen MR) is 112 cm³/mol. The SMILES string of the molecule is Cc1ccc(NC(=O)c2cnc3c(c(C)nn3CC3CCNCC3)c2C)cc1. The maximum Gasteiger partial charge on any atom is 0.257 e. The zero-order valence-corrected chi connectivity index (χ0v) is 16.7. The van der Waals surface area contributed by atoms with Gasteiger partial charge in [-0.15, -0.1) is 0 Å². The van der Waals surface area contributed by atoms with Crippen LogP contribution in [0.5, 0.6) is 0 Å². The molecule has 1 aliphatic heterocycles. The number of piperidine rings is 1. The van der Waals surface area contributed by atoms with Gasteiger partial charge in [0.25, 0.3) is 5.91 Å². The van der Waals surface area contributed by atoms with E-state index in [0.29, 0.717) is 11.5 Å². The van der Waals surface area contributed by atoms with Crippen molar-refractivity contribution in [2.24, 2.45) is 5.92 Å². The maximum atomic E-state index is 12.8. The van der Waals surface area contributed by atoms with Crippen LogP contribution in [0.4, 0.5) is 5.69 Å². The quantitative estimate of drug-likeness (QED) is 0.729. The summed E-state index contributed by atoms with van der Waals surface area (Å²) in [7, 11) is 0. The summed E-state index contributed by atoms with van der Waals surface area (Å²) in [6.07, 6.45) is 4.01. The first-order valence-corrected chi connectivity index (χ1v) is 9.94. The third-order valence-corrected chi connectivity index (χ3v) is 5.64. The van der Waals surface area contributed by atoms with E-state index < -0.39 is 0 Å². The molecule has 0 saturated carbocycles. The fourth-order valence-electron chi connectivity index (χ4n) is 4.00. The van der Waals surface area contributed by atoms with E-state index >= 15 is 0 Å². The number of aromatic nitrogens is 3. The molecular formula is C22H27N5O. The number of amides is 1. The summed E-state index contributed by atoms with van der Waals surface area (Å²) in [5, 5.41) is 12.1. The molecule has 2 N–H and O–H groups in total. The lowest BCUT2D eigenvalue weighted by Gasteiger charge is -2.22. The number of carbonyl (C=O) groups excluding carboxylic acids is 1. The van der Waals surface area contributed by atoms with Crippen LogP contribution in [-0.4, -0.2) is 33.8 Å². The number of fused-ring (bicyclic) bond motifs is 1. The summed E-state index contributed by atoms with van der Waals surface area (Å²) >= 11 is 0. The number of rotatable bonds is 4. The molecule has 1 aromatic carbocycles. The number of nitrogens with zero attached hydrogens (tertiary/aromatic N) is 3. The normalized spacial score (nSPS) is 15.1. The van der Waals surface area contributed by atoms with Crippen molar-refractivity contribution in [3.05, 3.63) is 52.8 Å². The van der Waals surface area contributed by atoms with E-state index in [1.165, 1.54) is 0 Å². The van der Waals surface area contributed by atoms with Crippen molar-refractivity contribution in [1.82, 2.24) is 20.1 Å². The second-order valence-corrected chi connectivity index (χ2v) is 7.78. The summed E-state index contributed by atoms with van der Waals surface area (Å²) in [6, 6.07) is 7.80. The molecule has 0 atom stereocenters. The Morgan fingerprint density at radius 1 is 1.18 bits per heavy atom. The van der Waals surface area contributed by atoms with Gasteiger partial charge in [-0.25, -0.2) is 9.67 Å². The van der Waals surface area contributed by atoms with Crippen LogP contribution < -0.4 is 10.6 Å². The molecule has 3 aromatic rings. The predicted octanol–water partition coefficient (Wildman–Crippen LogP) is 3.61. The molecule has 4 rings (SSSR count). The molecule has 0 bridgehead atoms. The largest absolute Gasteiger partial charge is 0.322 e. The summed E-state index contributed by atoms with van der Waals surface area (Å²) in [6.45, 7) is 9.03. The number of nitrogens with one attached hydrogen (secondary N) is 2. The van der Waals surface area contributed by atoms with Gasteiger partial charge in [-0.2, -0.15) is 5.10 Å². The van der Waals surface area contributed by atoms with E-state index in [1.54, 1.807) is 6.20 Å². The lowest BCUT2D eigenvalue weighted by Crippen LogP contribution is -2.30. The van der Waals surface area contributed by atoms with Crippen LogP contribution in [0.3, 0.4) is 0 Å². The Bertz CT molecular complexity index is 1000. The molecule has 0 aliphatic carbocycles. The Kier molecular flexibility index (Phi) is 5.13. The third-order valence-electron chi connectivity index (χ3n) is 5.64. The first kappa shape index (κ1) is 18.6. The topological polar surface area (TPSA) is 71.8 Å². The van der Waals surface area contributed by atoms with Gasteiger partial charge in [-0.05, 0) is 70.3 Å². The zero-order chi connectivity index (χ0) is 19.7.